The predicted molar refractivity (Wildman–Crippen MR) is 86.0 cm³/mol. The van der Waals surface area contributed by atoms with Gasteiger partial charge in [0.25, 0.3) is 5.69 Å². The van der Waals surface area contributed by atoms with E-state index < -0.39 is 10.8 Å². The summed E-state index contributed by atoms with van der Waals surface area (Å²) < 4.78 is 10.4. The van der Waals surface area contributed by atoms with Crippen LogP contribution in [0.4, 0.5) is 5.69 Å². The molecule has 25 heavy (non-hydrogen) atoms. The van der Waals surface area contributed by atoms with Gasteiger partial charge in [0.15, 0.2) is 11.5 Å². The van der Waals surface area contributed by atoms with Gasteiger partial charge in [0.05, 0.1) is 4.92 Å². The lowest BCUT2D eigenvalue weighted by Crippen LogP contribution is -2.21. The third kappa shape index (κ3) is 3.86. The van der Waals surface area contributed by atoms with Gasteiger partial charge in [0, 0.05) is 24.8 Å². The van der Waals surface area contributed by atoms with E-state index in [4.69, 9.17) is 9.47 Å². The van der Waals surface area contributed by atoms with Gasteiger partial charge in [0.2, 0.25) is 12.7 Å². The molecule has 1 N–H and O–H groups in total. The normalized spacial score (nSPS) is 12.3. The first kappa shape index (κ1) is 16.3. The van der Waals surface area contributed by atoms with Gasteiger partial charge in [-0.3, -0.25) is 14.9 Å². The van der Waals surface area contributed by atoms with Crippen molar-refractivity contribution < 1.29 is 24.3 Å². The minimum atomic E-state index is -0.593. The van der Waals surface area contributed by atoms with Gasteiger partial charge in [-0.05, 0) is 29.3 Å². The molecule has 0 spiro atoms. The number of nitrogens with one attached hydrogen (secondary N) is 1. The first-order valence-corrected chi connectivity index (χ1v) is 7.33. The summed E-state index contributed by atoms with van der Waals surface area (Å²) in [6, 6.07) is 8.65. The number of rotatable bonds is 5. The molecule has 0 bridgehead atoms. The molecule has 0 unspecified atom stereocenters. The highest BCUT2D eigenvalue weighted by atomic mass is 16.7. The molecule has 8 nitrogen and oxygen atoms in total. The molecule has 1 amide bonds. The third-order valence-corrected chi connectivity index (χ3v) is 3.53. The molecule has 1 heterocycles. The maximum Gasteiger partial charge on any atom is 0.269 e. The Bertz CT molecular complexity index is 862. The Balaban J connectivity index is 1.61. The van der Waals surface area contributed by atoms with Crippen LogP contribution in [-0.2, 0) is 11.3 Å². The van der Waals surface area contributed by atoms with Crippen LogP contribution in [0.3, 0.4) is 0 Å². The molecule has 0 aliphatic carbocycles. The predicted octanol–water partition coefficient (Wildman–Crippen LogP) is 1.73. The largest absolute Gasteiger partial charge is 0.872 e. The van der Waals surface area contributed by atoms with Crippen LogP contribution in [0.2, 0.25) is 0 Å². The van der Waals surface area contributed by atoms with E-state index in [-0.39, 0.29) is 30.3 Å². The molecule has 8 heteroatoms. The fraction of sp³-hybridized carbons (Fsp3) is 0.118. The summed E-state index contributed by atoms with van der Waals surface area (Å²) in [6.07, 6.45) is 2.89. The second kappa shape index (κ2) is 6.91. The molecule has 128 valence electrons. The van der Waals surface area contributed by atoms with Crippen molar-refractivity contribution in [3.05, 3.63) is 63.7 Å². The Morgan fingerprint density at radius 1 is 1.20 bits per heavy atom. The van der Waals surface area contributed by atoms with Crippen LogP contribution in [0.15, 0.2) is 42.5 Å². The highest BCUT2D eigenvalue weighted by Crippen LogP contribution is 2.32. The second-order valence-electron chi connectivity index (χ2n) is 5.21. The Morgan fingerprint density at radius 3 is 2.80 bits per heavy atom. The van der Waals surface area contributed by atoms with Crippen LogP contribution in [0.25, 0.3) is 6.08 Å². The fourth-order valence-corrected chi connectivity index (χ4v) is 2.25. The highest BCUT2D eigenvalue weighted by molar-refractivity contribution is 5.91. The number of carbonyl (C=O) groups is 1. The summed E-state index contributed by atoms with van der Waals surface area (Å²) >= 11 is 0. The molecule has 1 aliphatic heterocycles. The SMILES string of the molecule is O=C(/C=C/c1ccc2c(c1)OCO2)NCc1cc([N+](=O)[O-])ccc1[O-]. The van der Waals surface area contributed by atoms with E-state index >= 15 is 0 Å². The number of fused-ring (bicyclic) bond motifs is 1. The van der Waals surface area contributed by atoms with Crippen molar-refractivity contribution in [2.24, 2.45) is 0 Å². The zero-order chi connectivity index (χ0) is 17.8. The average molecular weight is 341 g/mol. The van der Waals surface area contributed by atoms with Crippen molar-refractivity contribution in [2.75, 3.05) is 6.79 Å². The van der Waals surface area contributed by atoms with E-state index in [0.717, 1.165) is 23.8 Å². The van der Waals surface area contributed by atoms with E-state index in [1.165, 1.54) is 6.08 Å². The molecular formula is C17H13N2O6-. The zero-order valence-electron chi connectivity index (χ0n) is 12.9. The summed E-state index contributed by atoms with van der Waals surface area (Å²) in [5.41, 5.74) is 0.707. The topological polar surface area (TPSA) is 114 Å². The number of carbonyl (C=O) groups excluding carboxylic acids is 1. The number of benzene rings is 2. The number of ether oxygens (including phenoxy) is 2. The molecule has 0 radical (unpaired) electrons. The highest BCUT2D eigenvalue weighted by Gasteiger charge is 2.12. The summed E-state index contributed by atoms with van der Waals surface area (Å²) in [6.45, 7) is 0.0779. The maximum atomic E-state index is 11.9. The molecule has 0 atom stereocenters. The van der Waals surface area contributed by atoms with Crippen molar-refractivity contribution in [1.82, 2.24) is 5.32 Å². The Hall–Kier alpha value is -3.55. The summed E-state index contributed by atoms with van der Waals surface area (Å²) in [5.74, 6) is 0.458. The lowest BCUT2D eigenvalue weighted by Gasteiger charge is -2.12. The minimum Gasteiger partial charge on any atom is -0.872 e. The monoisotopic (exact) mass is 341 g/mol. The molecule has 0 aromatic heterocycles. The number of hydrogen-bond donors (Lipinski definition) is 1. The quantitative estimate of drug-likeness (QED) is 0.503. The molecule has 2 aromatic rings. The Labute approximate surface area is 142 Å². The van der Waals surface area contributed by atoms with Gasteiger partial charge < -0.3 is 19.9 Å². The van der Waals surface area contributed by atoms with Crippen LogP contribution in [0.1, 0.15) is 11.1 Å². The van der Waals surface area contributed by atoms with Gasteiger partial charge >= 0.3 is 0 Å². The van der Waals surface area contributed by atoms with E-state index in [1.54, 1.807) is 24.3 Å². The number of nitro groups is 1. The van der Waals surface area contributed by atoms with Gasteiger partial charge in [-0.25, -0.2) is 0 Å². The van der Waals surface area contributed by atoms with E-state index in [9.17, 15) is 20.0 Å². The fourth-order valence-electron chi connectivity index (χ4n) is 2.25. The zero-order valence-corrected chi connectivity index (χ0v) is 12.9. The maximum absolute atomic E-state index is 11.9. The lowest BCUT2D eigenvalue weighted by atomic mass is 10.1. The molecule has 2 aromatic carbocycles. The molecule has 3 rings (SSSR count). The van der Waals surface area contributed by atoms with E-state index in [0.29, 0.717) is 11.5 Å². The van der Waals surface area contributed by atoms with E-state index in [2.05, 4.69) is 5.32 Å². The van der Waals surface area contributed by atoms with Gasteiger partial charge in [-0.1, -0.05) is 12.1 Å². The second-order valence-corrected chi connectivity index (χ2v) is 5.21. The molecular weight excluding hydrogens is 328 g/mol. The first-order valence-electron chi connectivity index (χ1n) is 7.33. The van der Waals surface area contributed by atoms with Crippen molar-refractivity contribution in [2.45, 2.75) is 6.54 Å². The van der Waals surface area contributed by atoms with Crippen molar-refractivity contribution in [3.8, 4) is 17.2 Å². The Kier molecular flexibility index (Phi) is 4.51. The summed E-state index contributed by atoms with van der Waals surface area (Å²) in [5, 5.41) is 24.9. The molecule has 1 aliphatic rings. The van der Waals surface area contributed by atoms with Crippen LogP contribution in [-0.4, -0.2) is 17.6 Å². The lowest BCUT2D eigenvalue weighted by molar-refractivity contribution is -0.385. The average Bonchev–Trinajstić information content (AvgIpc) is 3.06. The van der Waals surface area contributed by atoms with E-state index in [1.807, 2.05) is 0 Å². The van der Waals surface area contributed by atoms with Crippen LogP contribution < -0.4 is 19.9 Å². The summed E-state index contributed by atoms with van der Waals surface area (Å²) in [7, 11) is 0. The van der Waals surface area contributed by atoms with Crippen LogP contribution in [0.5, 0.6) is 17.2 Å². The number of nitro benzene ring substituents is 1. The van der Waals surface area contributed by atoms with Gasteiger partial charge in [-0.15, -0.1) is 5.75 Å². The van der Waals surface area contributed by atoms with Crippen LogP contribution in [0, 0.1) is 10.1 Å². The van der Waals surface area contributed by atoms with Crippen molar-refractivity contribution in [3.63, 3.8) is 0 Å². The third-order valence-electron chi connectivity index (χ3n) is 3.53. The van der Waals surface area contributed by atoms with Gasteiger partial charge in [-0.2, -0.15) is 0 Å². The number of non-ortho nitro benzene ring substituents is 1. The molecule has 0 saturated carbocycles. The van der Waals surface area contributed by atoms with Gasteiger partial charge in [0.1, 0.15) is 0 Å². The molecule has 0 saturated heterocycles. The van der Waals surface area contributed by atoms with Crippen molar-refractivity contribution in [1.29, 1.82) is 0 Å². The summed E-state index contributed by atoms with van der Waals surface area (Å²) in [4.78, 5) is 22.0. The number of nitrogens with zero attached hydrogens (tertiary/aromatic N) is 1. The first-order chi connectivity index (χ1) is 12.0. The van der Waals surface area contributed by atoms with Crippen LogP contribution >= 0.6 is 0 Å². The smallest absolute Gasteiger partial charge is 0.269 e. The van der Waals surface area contributed by atoms with Crippen molar-refractivity contribution >= 4 is 17.7 Å². The standard InChI is InChI=1S/C17H14N2O6/c20-14-4-3-13(19(22)23)8-12(14)9-18-17(21)6-2-11-1-5-15-16(7-11)25-10-24-15/h1-8,20H,9-10H2,(H,18,21)/p-1/b6-2+. The Morgan fingerprint density at radius 2 is 2.00 bits per heavy atom. The number of amides is 1. The minimum absolute atomic E-state index is 0.0924. The number of hydrogen-bond acceptors (Lipinski definition) is 6. The molecule has 0 fully saturated rings.